The fourth-order valence-corrected chi connectivity index (χ4v) is 2.64. The lowest BCUT2D eigenvalue weighted by Crippen LogP contribution is -2.58. The van der Waals surface area contributed by atoms with Crippen LogP contribution in [0.4, 0.5) is 11.4 Å². The van der Waals surface area contributed by atoms with Gasteiger partial charge in [-0.2, -0.15) is 0 Å². The fraction of sp³-hybridized carbons (Fsp3) is 0.278. The summed E-state index contributed by atoms with van der Waals surface area (Å²) in [6.07, 6.45) is 0. The Hall–Kier alpha value is -2.89. The third-order valence-electron chi connectivity index (χ3n) is 4.06. The Morgan fingerprint density at radius 3 is 2.50 bits per heavy atom. The first-order chi connectivity index (χ1) is 11.4. The number of nitro benzene ring substituents is 1. The summed E-state index contributed by atoms with van der Waals surface area (Å²) >= 11 is 0. The van der Waals surface area contributed by atoms with Gasteiger partial charge in [-0.3, -0.25) is 14.9 Å². The quantitative estimate of drug-likeness (QED) is 0.478. The van der Waals surface area contributed by atoms with Crippen molar-refractivity contribution in [2.75, 3.05) is 11.4 Å². The molecule has 0 unspecified atom stereocenters. The summed E-state index contributed by atoms with van der Waals surface area (Å²) in [5, 5.41) is 10.6. The van der Waals surface area contributed by atoms with Crippen LogP contribution in [0.1, 0.15) is 19.4 Å². The first kappa shape index (κ1) is 16.0. The van der Waals surface area contributed by atoms with Crippen LogP contribution >= 0.6 is 0 Å². The van der Waals surface area contributed by atoms with Gasteiger partial charge in [0.15, 0.2) is 0 Å². The lowest BCUT2D eigenvalue weighted by molar-refractivity contribution is -0.384. The molecule has 1 amide bonds. The number of amides is 1. The molecule has 0 radical (unpaired) electrons. The molecule has 124 valence electrons. The van der Waals surface area contributed by atoms with Gasteiger partial charge < -0.3 is 9.64 Å². The highest BCUT2D eigenvalue weighted by Gasteiger charge is 2.44. The molecule has 0 N–H and O–H groups in total. The van der Waals surface area contributed by atoms with E-state index >= 15 is 0 Å². The number of anilines is 1. The molecule has 6 nitrogen and oxygen atoms in total. The average molecular weight is 326 g/mol. The zero-order valence-corrected chi connectivity index (χ0v) is 13.6. The van der Waals surface area contributed by atoms with Crippen LogP contribution in [0.3, 0.4) is 0 Å². The molecular formula is C18H18N2O4. The maximum absolute atomic E-state index is 12.1. The van der Waals surface area contributed by atoms with Crippen LogP contribution in [0.2, 0.25) is 0 Å². The second-order valence-corrected chi connectivity index (χ2v) is 6.48. The maximum atomic E-state index is 12.1. The number of ether oxygens (including phenoxy) is 1. The summed E-state index contributed by atoms with van der Waals surface area (Å²) in [6.45, 7) is 4.86. The minimum atomic E-state index is -0.431. The second-order valence-electron chi connectivity index (χ2n) is 6.48. The SMILES string of the molecule is CC1(C)CN(c2cccc(OCc3ccc([N+](=O)[O-])cc3)c2)C1=O. The van der Waals surface area contributed by atoms with Gasteiger partial charge in [-0.05, 0) is 43.7 Å². The van der Waals surface area contributed by atoms with Gasteiger partial charge in [0.25, 0.3) is 5.69 Å². The predicted molar refractivity (Wildman–Crippen MR) is 90.0 cm³/mol. The molecule has 1 saturated heterocycles. The summed E-state index contributed by atoms with van der Waals surface area (Å²) in [6, 6.07) is 13.6. The summed E-state index contributed by atoms with van der Waals surface area (Å²) in [4.78, 5) is 24.0. The van der Waals surface area contributed by atoms with Crippen LogP contribution in [-0.2, 0) is 11.4 Å². The smallest absolute Gasteiger partial charge is 0.269 e. The molecule has 0 aliphatic carbocycles. The van der Waals surface area contributed by atoms with E-state index in [1.807, 2.05) is 38.1 Å². The minimum Gasteiger partial charge on any atom is -0.489 e. The highest BCUT2D eigenvalue weighted by Crippen LogP contribution is 2.36. The van der Waals surface area contributed by atoms with Gasteiger partial charge in [0.2, 0.25) is 5.91 Å². The van der Waals surface area contributed by atoms with E-state index in [2.05, 4.69) is 0 Å². The standard InChI is InChI=1S/C18H18N2O4/c1-18(2)12-19(17(18)21)15-4-3-5-16(10-15)24-11-13-6-8-14(9-7-13)20(22)23/h3-10H,11-12H2,1-2H3. The lowest BCUT2D eigenvalue weighted by Gasteiger charge is -2.44. The number of carbonyl (C=O) groups excluding carboxylic acids is 1. The first-order valence-electron chi connectivity index (χ1n) is 7.65. The monoisotopic (exact) mass is 326 g/mol. The van der Waals surface area contributed by atoms with Crippen LogP contribution in [0.15, 0.2) is 48.5 Å². The molecule has 0 spiro atoms. The Bertz CT molecular complexity index is 784. The van der Waals surface area contributed by atoms with Crippen LogP contribution < -0.4 is 9.64 Å². The Kier molecular flexibility index (Phi) is 3.97. The zero-order chi connectivity index (χ0) is 17.3. The van der Waals surface area contributed by atoms with Crippen LogP contribution in [0.25, 0.3) is 0 Å². The first-order valence-corrected chi connectivity index (χ1v) is 7.65. The van der Waals surface area contributed by atoms with E-state index in [4.69, 9.17) is 4.74 Å². The topological polar surface area (TPSA) is 72.7 Å². The molecule has 2 aromatic rings. The molecule has 6 heteroatoms. The Balaban J connectivity index is 1.65. The summed E-state index contributed by atoms with van der Waals surface area (Å²) in [5.41, 5.74) is 1.42. The molecule has 0 bridgehead atoms. The van der Waals surface area contributed by atoms with Crippen molar-refractivity contribution in [2.45, 2.75) is 20.5 Å². The van der Waals surface area contributed by atoms with Crippen LogP contribution in [-0.4, -0.2) is 17.4 Å². The Morgan fingerprint density at radius 2 is 1.92 bits per heavy atom. The normalized spacial score (nSPS) is 15.8. The van der Waals surface area contributed by atoms with E-state index < -0.39 is 4.92 Å². The van der Waals surface area contributed by atoms with Gasteiger partial charge in [0.05, 0.1) is 10.3 Å². The third kappa shape index (κ3) is 3.08. The highest BCUT2D eigenvalue weighted by molar-refractivity contribution is 6.04. The Labute approximate surface area is 139 Å². The minimum absolute atomic E-state index is 0.0552. The van der Waals surface area contributed by atoms with E-state index in [1.54, 1.807) is 17.0 Å². The number of non-ortho nitro benzene ring substituents is 1. The van der Waals surface area contributed by atoms with Crippen molar-refractivity contribution in [2.24, 2.45) is 5.41 Å². The van der Waals surface area contributed by atoms with Crippen molar-refractivity contribution >= 4 is 17.3 Å². The van der Waals surface area contributed by atoms with Gasteiger partial charge >= 0.3 is 0 Å². The molecule has 1 heterocycles. The number of hydrogen-bond donors (Lipinski definition) is 0. The second kappa shape index (κ2) is 5.96. The summed E-state index contributed by atoms with van der Waals surface area (Å²) in [7, 11) is 0. The summed E-state index contributed by atoms with van der Waals surface area (Å²) in [5.74, 6) is 0.762. The molecule has 0 atom stereocenters. The third-order valence-corrected chi connectivity index (χ3v) is 4.06. The number of benzene rings is 2. The molecular weight excluding hydrogens is 308 g/mol. The molecule has 1 aliphatic rings. The largest absolute Gasteiger partial charge is 0.489 e. The van der Waals surface area contributed by atoms with E-state index in [1.165, 1.54) is 12.1 Å². The van der Waals surface area contributed by atoms with Crippen LogP contribution in [0, 0.1) is 15.5 Å². The molecule has 2 aromatic carbocycles. The van der Waals surface area contributed by atoms with Gasteiger partial charge in [-0.1, -0.05) is 6.07 Å². The van der Waals surface area contributed by atoms with Crippen molar-refractivity contribution < 1.29 is 14.5 Å². The number of rotatable bonds is 5. The number of nitrogens with zero attached hydrogens (tertiary/aromatic N) is 2. The number of nitro groups is 1. The van der Waals surface area contributed by atoms with E-state index in [0.717, 1.165) is 11.3 Å². The number of β-lactam (4-membered cyclic amide) rings is 1. The molecule has 1 fully saturated rings. The molecule has 0 aromatic heterocycles. The van der Waals surface area contributed by atoms with Crippen molar-refractivity contribution in [3.8, 4) is 5.75 Å². The molecule has 24 heavy (non-hydrogen) atoms. The number of hydrogen-bond acceptors (Lipinski definition) is 4. The van der Waals surface area contributed by atoms with Gasteiger partial charge in [-0.25, -0.2) is 0 Å². The molecule has 1 aliphatic heterocycles. The van der Waals surface area contributed by atoms with Gasteiger partial charge in [0.1, 0.15) is 12.4 Å². The maximum Gasteiger partial charge on any atom is 0.269 e. The molecule has 0 saturated carbocycles. The van der Waals surface area contributed by atoms with E-state index in [-0.39, 0.29) is 17.0 Å². The van der Waals surface area contributed by atoms with Gasteiger partial charge in [0, 0.05) is 30.4 Å². The van der Waals surface area contributed by atoms with Crippen molar-refractivity contribution in [1.29, 1.82) is 0 Å². The van der Waals surface area contributed by atoms with Gasteiger partial charge in [-0.15, -0.1) is 0 Å². The lowest BCUT2D eigenvalue weighted by atomic mass is 9.83. The van der Waals surface area contributed by atoms with Crippen molar-refractivity contribution in [3.05, 3.63) is 64.2 Å². The number of carbonyl (C=O) groups is 1. The van der Waals surface area contributed by atoms with E-state index in [0.29, 0.717) is 18.9 Å². The summed E-state index contributed by atoms with van der Waals surface area (Å²) < 4.78 is 5.73. The van der Waals surface area contributed by atoms with Crippen molar-refractivity contribution in [1.82, 2.24) is 0 Å². The predicted octanol–water partition coefficient (Wildman–Crippen LogP) is 3.55. The van der Waals surface area contributed by atoms with Crippen molar-refractivity contribution in [3.63, 3.8) is 0 Å². The Morgan fingerprint density at radius 1 is 1.21 bits per heavy atom. The van der Waals surface area contributed by atoms with E-state index in [9.17, 15) is 14.9 Å². The average Bonchev–Trinajstić information content (AvgIpc) is 2.58. The fourth-order valence-electron chi connectivity index (χ4n) is 2.64. The molecule has 3 rings (SSSR count). The van der Waals surface area contributed by atoms with Crippen LogP contribution in [0.5, 0.6) is 5.75 Å². The zero-order valence-electron chi connectivity index (χ0n) is 13.6. The highest BCUT2D eigenvalue weighted by atomic mass is 16.6.